The summed E-state index contributed by atoms with van der Waals surface area (Å²) in [5.41, 5.74) is 0.141. The van der Waals surface area contributed by atoms with Gasteiger partial charge in [-0.3, -0.25) is 14.9 Å². The molecule has 0 aromatic heterocycles. The number of likely N-dealkylation sites (tertiary alicyclic amines) is 1. The molecular weight excluding hydrogens is 446 g/mol. The number of ether oxygens (including phenoxy) is 2. The van der Waals surface area contributed by atoms with Gasteiger partial charge in [-0.15, -0.1) is 0 Å². The average molecular weight is 472 g/mol. The predicted molar refractivity (Wildman–Crippen MR) is 123 cm³/mol. The Labute approximate surface area is 197 Å². The molecule has 2 aromatic carbocycles. The number of imide groups is 1. The molecule has 8 nitrogen and oxygen atoms in total. The van der Waals surface area contributed by atoms with Gasteiger partial charge in [0.05, 0.1) is 19.8 Å². The Bertz CT molecular complexity index is 1080. The number of nitrogens with zero attached hydrogens (tertiary/aromatic N) is 1. The number of nitrogens with one attached hydrogen (secondary N) is 2. The number of methoxy groups -OCH3 is 2. The summed E-state index contributed by atoms with van der Waals surface area (Å²) in [4.78, 5) is 40.0. The Morgan fingerprint density at radius 3 is 2.45 bits per heavy atom. The van der Waals surface area contributed by atoms with Crippen LogP contribution in [0.3, 0.4) is 0 Å². The molecule has 174 valence electrons. The standard InChI is InChI=1S/C24H26ClN3O5/c1-32-17-7-8-18(20(13-17)33-2)21(29)28-11-9-16(10-12-28)24(22(30)26-23(31)27-24)14-15-5-3-4-6-19(15)25/h3-8,13,16H,9-12,14H2,1-2H3,(H2,26,27,30,31)/t24-/m0/s1. The summed E-state index contributed by atoms with van der Waals surface area (Å²) in [6, 6.07) is 11.9. The molecule has 2 heterocycles. The lowest BCUT2D eigenvalue weighted by atomic mass is 9.74. The Hall–Kier alpha value is -3.26. The first-order valence-corrected chi connectivity index (χ1v) is 11.1. The minimum Gasteiger partial charge on any atom is -0.497 e. The smallest absolute Gasteiger partial charge is 0.322 e. The van der Waals surface area contributed by atoms with Crippen molar-refractivity contribution >= 4 is 29.4 Å². The molecule has 0 aliphatic carbocycles. The van der Waals surface area contributed by atoms with Gasteiger partial charge in [0.15, 0.2) is 0 Å². The van der Waals surface area contributed by atoms with E-state index in [1.807, 2.05) is 18.2 Å². The van der Waals surface area contributed by atoms with Crippen LogP contribution in [-0.4, -0.2) is 55.6 Å². The van der Waals surface area contributed by atoms with Gasteiger partial charge in [-0.05, 0) is 42.5 Å². The summed E-state index contributed by atoms with van der Waals surface area (Å²) in [5.74, 6) is 0.398. The zero-order chi connectivity index (χ0) is 23.6. The number of carbonyl (C=O) groups is 3. The lowest BCUT2D eigenvalue weighted by Crippen LogP contribution is -2.58. The second-order valence-electron chi connectivity index (χ2n) is 8.28. The lowest BCUT2D eigenvalue weighted by Gasteiger charge is -2.41. The van der Waals surface area contributed by atoms with Gasteiger partial charge in [-0.1, -0.05) is 29.8 Å². The van der Waals surface area contributed by atoms with Gasteiger partial charge in [-0.25, -0.2) is 4.79 Å². The topological polar surface area (TPSA) is 97.0 Å². The third-order valence-electron chi connectivity index (χ3n) is 6.51. The number of halogens is 1. The quantitative estimate of drug-likeness (QED) is 0.631. The summed E-state index contributed by atoms with van der Waals surface area (Å²) in [6.45, 7) is 0.901. The molecule has 2 aliphatic heterocycles. The third kappa shape index (κ3) is 4.35. The van der Waals surface area contributed by atoms with Crippen molar-refractivity contribution < 1.29 is 23.9 Å². The molecule has 2 saturated heterocycles. The molecule has 4 amide bonds. The lowest BCUT2D eigenvalue weighted by molar-refractivity contribution is -0.126. The number of amides is 4. The van der Waals surface area contributed by atoms with Crippen LogP contribution in [0.25, 0.3) is 0 Å². The highest BCUT2D eigenvalue weighted by atomic mass is 35.5. The fourth-order valence-corrected chi connectivity index (χ4v) is 4.93. The summed E-state index contributed by atoms with van der Waals surface area (Å²) < 4.78 is 10.6. The molecule has 2 N–H and O–H groups in total. The molecule has 0 unspecified atom stereocenters. The van der Waals surface area contributed by atoms with Gasteiger partial charge >= 0.3 is 6.03 Å². The van der Waals surface area contributed by atoms with Crippen molar-refractivity contribution in [2.75, 3.05) is 27.3 Å². The van der Waals surface area contributed by atoms with E-state index in [0.29, 0.717) is 48.0 Å². The first-order chi connectivity index (χ1) is 15.9. The Kier molecular flexibility index (Phi) is 6.47. The van der Waals surface area contributed by atoms with Crippen molar-refractivity contribution in [3.05, 3.63) is 58.6 Å². The van der Waals surface area contributed by atoms with Gasteiger partial charge in [0, 0.05) is 30.6 Å². The molecule has 1 atom stereocenters. The fourth-order valence-electron chi connectivity index (χ4n) is 4.72. The predicted octanol–water partition coefficient (Wildman–Crippen LogP) is 3.03. The maximum Gasteiger partial charge on any atom is 0.322 e. The highest BCUT2D eigenvalue weighted by molar-refractivity contribution is 6.31. The minimum atomic E-state index is -1.10. The van der Waals surface area contributed by atoms with Crippen molar-refractivity contribution in [3.63, 3.8) is 0 Å². The Morgan fingerprint density at radius 1 is 1.12 bits per heavy atom. The van der Waals surface area contributed by atoms with Crippen LogP contribution in [0.15, 0.2) is 42.5 Å². The summed E-state index contributed by atoms with van der Waals surface area (Å²) >= 11 is 6.35. The van der Waals surface area contributed by atoms with E-state index in [9.17, 15) is 14.4 Å². The van der Waals surface area contributed by atoms with Crippen LogP contribution in [0.1, 0.15) is 28.8 Å². The number of piperidine rings is 1. The minimum absolute atomic E-state index is 0.145. The van der Waals surface area contributed by atoms with Crippen LogP contribution in [-0.2, 0) is 11.2 Å². The van der Waals surface area contributed by atoms with Gasteiger partial charge in [0.25, 0.3) is 11.8 Å². The van der Waals surface area contributed by atoms with Crippen LogP contribution in [0.4, 0.5) is 4.79 Å². The third-order valence-corrected chi connectivity index (χ3v) is 6.88. The number of urea groups is 1. The van der Waals surface area contributed by atoms with Crippen LogP contribution in [0.2, 0.25) is 5.02 Å². The van der Waals surface area contributed by atoms with Crippen LogP contribution in [0.5, 0.6) is 11.5 Å². The van der Waals surface area contributed by atoms with E-state index >= 15 is 0 Å². The van der Waals surface area contributed by atoms with Crippen molar-refractivity contribution in [3.8, 4) is 11.5 Å². The SMILES string of the molecule is COc1ccc(C(=O)N2CCC([C@]3(Cc4ccccc4Cl)NC(=O)NC3=O)CC2)c(OC)c1. The monoisotopic (exact) mass is 471 g/mol. The van der Waals surface area contributed by atoms with Gasteiger partial charge < -0.3 is 19.7 Å². The number of rotatable bonds is 6. The van der Waals surface area contributed by atoms with E-state index in [1.54, 1.807) is 36.3 Å². The molecule has 0 spiro atoms. The summed E-state index contributed by atoms with van der Waals surface area (Å²) in [7, 11) is 3.06. The van der Waals surface area contributed by atoms with Gasteiger partial charge in [0.2, 0.25) is 0 Å². The second kappa shape index (κ2) is 9.31. The normalized spacial score (nSPS) is 20.9. The van der Waals surface area contributed by atoms with Crippen molar-refractivity contribution in [1.29, 1.82) is 0 Å². The summed E-state index contributed by atoms with van der Waals surface area (Å²) in [5, 5.41) is 5.81. The van der Waals surface area contributed by atoms with E-state index in [0.717, 1.165) is 5.56 Å². The molecule has 0 bridgehead atoms. The van der Waals surface area contributed by atoms with E-state index in [1.165, 1.54) is 7.11 Å². The van der Waals surface area contributed by atoms with E-state index < -0.39 is 11.6 Å². The van der Waals surface area contributed by atoms with E-state index in [4.69, 9.17) is 21.1 Å². The first kappa shape index (κ1) is 22.9. The number of benzene rings is 2. The zero-order valence-corrected chi connectivity index (χ0v) is 19.3. The highest BCUT2D eigenvalue weighted by Gasteiger charge is 2.52. The zero-order valence-electron chi connectivity index (χ0n) is 18.5. The molecule has 0 saturated carbocycles. The fraction of sp³-hybridized carbons (Fsp3) is 0.375. The molecule has 4 rings (SSSR count). The average Bonchev–Trinajstić information content (AvgIpc) is 3.13. The maximum absolute atomic E-state index is 13.2. The van der Waals surface area contributed by atoms with Crippen LogP contribution < -0.4 is 20.1 Å². The van der Waals surface area contributed by atoms with Crippen LogP contribution in [0, 0.1) is 5.92 Å². The number of hydrogen-bond acceptors (Lipinski definition) is 5. The van der Waals surface area contributed by atoms with Gasteiger partial charge in [-0.2, -0.15) is 0 Å². The van der Waals surface area contributed by atoms with Crippen LogP contribution >= 0.6 is 11.6 Å². The Balaban J connectivity index is 1.53. The van der Waals surface area contributed by atoms with Crippen molar-refractivity contribution in [2.45, 2.75) is 24.8 Å². The van der Waals surface area contributed by atoms with E-state index in [2.05, 4.69) is 10.6 Å². The number of carbonyl (C=O) groups excluding carboxylic acids is 3. The molecule has 0 radical (unpaired) electrons. The molecule has 9 heteroatoms. The van der Waals surface area contributed by atoms with Gasteiger partial charge in [0.1, 0.15) is 17.0 Å². The second-order valence-corrected chi connectivity index (χ2v) is 8.69. The molecule has 33 heavy (non-hydrogen) atoms. The molecule has 2 aliphatic rings. The van der Waals surface area contributed by atoms with Crippen molar-refractivity contribution in [2.24, 2.45) is 5.92 Å². The molecule has 2 fully saturated rings. The maximum atomic E-state index is 13.2. The molecular formula is C24H26ClN3O5. The largest absolute Gasteiger partial charge is 0.497 e. The molecule has 2 aromatic rings. The Morgan fingerprint density at radius 2 is 1.85 bits per heavy atom. The van der Waals surface area contributed by atoms with E-state index in [-0.39, 0.29) is 24.2 Å². The van der Waals surface area contributed by atoms with Crippen molar-refractivity contribution in [1.82, 2.24) is 15.5 Å². The number of hydrogen-bond donors (Lipinski definition) is 2. The highest BCUT2D eigenvalue weighted by Crippen LogP contribution is 2.36. The summed E-state index contributed by atoms with van der Waals surface area (Å²) in [6.07, 6.45) is 1.40. The first-order valence-electron chi connectivity index (χ1n) is 10.8.